The summed E-state index contributed by atoms with van der Waals surface area (Å²) in [4.78, 5) is 1.35. The van der Waals surface area contributed by atoms with Gasteiger partial charge in [-0.2, -0.15) is 0 Å². The molecule has 1 aromatic rings. The first-order valence-electron chi connectivity index (χ1n) is 7.00. The Hall–Kier alpha value is 0.770. The van der Waals surface area contributed by atoms with Crippen molar-refractivity contribution in [2.45, 2.75) is 47.3 Å². The summed E-state index contributed by atoms with van der Waals surface area (Å²) in [6, 6.07) is 10.7. The van der Waals surface area contributed by atoms with Crippen LogP contribution in [0.15, 0.2) is 44.2 Å². The normalized spacial score (nSPS) is 25.7. The fraction of sp³-hybridized carbons (Fsp3) is 0.500. The van der Waals surface area contributed by atoms with Crippen LogP contribution in [0.25, 0.3) is 0 Å². The molecule has 0 spiro atoms. The zero-order valence-electron chi connectivity index (χ0n) is 11.0. The van der Waals surface area contributed by atoms with Gasteiger partial charge in [0.2, 0.25) is 0 Å². The van der Waals surface area contributed by atoms with Crippen LogP contribution in [0.1, 0.15) is 38.5 Å². The maximum atomic E-state index is 2.67. The Bertz CT molecular complexity index is 402. The lowest BCUT2D eigenvalue weighted by Gasteiger charge is -2.22. The van der Waals surface area contributed by atoms with E-state index in [1.165, 1.54) is 46.3 Å². The van der Waals surface area contributed by atoms with Gasteiger partial charge < -0.3 is 0 Å². The quantitative estimate of drug-likeness (QED) is 0.250. The minimum Gasteiger partial charge on any atom is -0.0838 e. The lowest BCUT2D eigenvalue weighted by atomic mass is 9.91. The number of benzene rings is 1. The molecule has 2 atom stereocenters. The maximum Gasteiger partial charge on any atom is 0.0469 e. The number of hydrogen-bond acceptors (Lipinski definition) is 1. The van der Waals surface area contributed by atoms with Crippen LogP contribution in [0.4, 0.5) is 0 Å². The van der Waals surface area contributed by atoms with Crippen molar-refractivity contribution in [1.29, 1.82) is 0 Å². The van der Waals surface area contributed by atoms with Crippen molar-refractivity contribution in [3.05, 3.63) is 39.3 Å². The molecule has 1 aliphatic rings. The monoisotopic (exact) mass is 498 g/mol. The van der Waals surface area contributed by atoms with Gasteiger partial charge in [0, 0.05) is 11.7 Å². The van der Waals surface area contributed by atoms with E-state index >= 15 is 0 Å². The molecule has 104 valence electrons. The van der Waals surface area contributed by atoms with Crippen LogP contribution in [-0.2, 0) is 0 Å². The van der Waals surface area contributed by atoms with Crippen LogP contribution < -0.4 is 0 Å². The van der Waals surface area contributed by atoms with Gasteiger partial charge in [0.05, 0.1) is 0 Å². The highest BCUT2D eigenvalue weighted by atomic mass is 127. The Morgan fingerprint density at radius 2 is 1.74 bits per heavy atom. The van der Waals surface area contributed by atoms with Gasteiger partial charge in [-0.25, -0.2) is 0 Å². The minimum absolute atomic E-state index is 0.768. The summed E-state index contributed by atoms with van der Waals surface area (Å²) in [7, 11) is 0. The minimum atomic E-state index is 0.768. The molecule has 3 heteroatoms. The summed E-state index contributed by atoms with van der Waals surface area (Å²) in [6.07, 6.45) is 11.0. The molecular formula is C16H20I2S. The predicted octanol–water partition coefficient (Wildman–Crippen LogP) is 6.83. The van der Waals surface area contributed by atoms with Gasteiger partial charge in [0.25, 0.3) is 0 Å². The van der Waals surface area contributed by atoms with Crippen LogP contribution in [-0.4, -0.2) is 3.92 Å². The second-order valence-corrected chi connectivity index (χ2v) is 9.67. The highest BCUT2D eigenvalue weighted by Gasteiger charge is 2.18. The topological polar surface area (TPSA) is 0 Å². The number of halogens is 2. The SMILES string of the molecule is I/C(=C\[C@H]1CCCCCC[C@H]1I)Sc1ccccc1. The third kappa shape index (κ3) is 5.96. The van der Waals surface area contributed by atoms with Crippen molar-refractivity contribution in [1.82, 2.24) is 0 Å². The van der Waals surface area contributed by atoms with E-state index in [1.54, 1.807) is 0 Å². The summed E-state index contributed by atoms with van der Waals surface area (Å²) >= 11 is 7.06. The molecule has 0 saturated heterocycles. The smallest absolute Gasteiger partial charge is 0.0469 e. The molecule has 0 unspecified atom stereocenters. The first kappa shape index (κ1) is 16.1. The van der Waals surface area contributed by atoms with Crippen molar-refractivity contribution < 1.29 is 0 Å². The van der Waals surface area contributed by atoms with Crippen LogP contribution >= 0.6 is 56.9 Å². The van der Waals surface area contributed by atoms with Gasteiger partial charge >= 0.3 is 0 Å². The van der Waals surface area contributed by atoms with Crippen molar-refractivity contribution in [2.75, 3.05) is 0 Å². The molecule has 0 nitrogen and oxygen atoms in total. The lowest BCUT2D eigenvalue weighted by Crippen LogP contribution is -2.14. The second-order valence-electron chi connectivity index (χ2n) is 5.06. The maximum absolute atomic E-state index is 2.67. The Morgan fingerprint density at radius 1 is 1.05 bits per heavy atom. The highest BCUT2D eigenvalue weighted by Crippen LogP contribution is 2.36. The van der Waals surface area contributed by atoms with Crippen molar-refractivity contribution in [2.24, 2.45) is 5.92 Å². The Balaban J connectivity index is 1.97. The average Bonchev–Trinajstić information content (AvgIpc) is 2.40. The molecule has 1 saturated carbocycles. The van der Waals surface area contributed by atoms with Crippen molar-refractivity contribution in [3.63, 3.8) is 0 Å². The number of hydrogen-bond donors (Lipinski definition) is 0. The van der Waals surface area contributed by atoms with E-state index in [-0.39, 0.29) is 0 Å². The molecule has 0 N–H and O–H groups in total. The molecular weight excluding hydrogens is 478 g/mol. The third-order valence-corrected chi connectivity index (χ3v) is 6.94. The molecule has 19 heavy (non-hydrogen) atoms. The number of rotatable bonds is 3. The van der Waals surface area contributed by atoms with Gasteiger partial charge in [-0.15, -0.1) is 0 Å². The summed E-state index contributed by atoms with van der Waals surface area (Å²) in [5.74, 6) is 0.768. The summed E-state index contributed by atoms with van der Waals surface area (Å²) in [5, 5.41) is 0. The number of thioether (sulfide) groups is 1. The van der Waals surface area contributed by atoms with Gasteiger partial charge in [0.15, 0.2) is 0 Å². The van der Waals surface area contributed by atoms with Gasteiger partial charge in [-0.1, -0.05) is 84.3 Å². The van der Waals surface area contributed by atoms with Crippen LogP contribution in [0.2, 0.25) is 0 Å². The third-order valence-electron chi connectivity index (χ3n) is 3.54. The van der Waals surface area contributed by atoms with E-state index in [4.69, 9.17) is 0 Å². The molecule has 0 aliphatic heterocycles. The Morgan fingerprint density at radius 3 is 2.47 bits per heavy atom. The van der Waals surface area contributed by atoms with Crippen LogP contribution in [0, 0.1) is 5.92 Å². The number of allylic oxidation sites excluding steroid dienone is 1. The van der Waals surface area contributed by atoms with E-state index < -0.39 is 0 Å². The molecule has 1 fully saturated rings. The zero-order chi connectivity index (χ0) is 13.5. The van der Waals surface area contributed by atoms with E-state index in [9.17, 15) is 0 Å². The molecule has 2 rings (SSSR count). The molecule has 1 aliphatic carbocycles. The second kappa shape index (κ2) is 8.93. The molecule has 0 aromatic heterocycles. The van der Waals surface area contributed by atoms with Gasteiger partial charge in [-0.05, 0) is 53.5 Å². The van der Waals surface area contributed by atoms with Crippen molar-refractivity contribution >= 4 is 56.9 Å². The summed E-state index contributed by atoms with van der Waals surface area (Å²) < 4.78 is 2.25. The Labute approximate surface area is 148 Å². The first-order valence-corrected chi connectivity index (χ1v) is 10.1. The molecule has 0 heterocycles. The molecule has 0 amide bonds. The summed E-state index contributed by atoms with van der Waals surface area (Å²) in [5.41, 5.74) is 0. The largest absolute Gasteiger partial charge is 0.0838 e. The van der Waals surface area contributed by atoms with E-state index in [0.717, 1.165) is 9.84 Å². The molecule has 0 bridgehead atoms. The lowest BCUT2D eigenvalue weighted by molar-refractivity contribution is 0.455. The van der Waals surface area contributed by atoms with Crippen molar-refractivity contribution in [3.8, 4) is 0 Å². The Kier molecular flexibility index (Phi) is 7.58. The standard InChI is InChI=1S/C16H20I2S/c17-15-11-7-2-1-4-8-13(15)12-16(18)19-14-9-5-3-6-10-14/h3,5-6,9-10,12-13,15H,1-2,4,7-8,11H2/b16-12+/t13-,15-/m1/s1. The van der Waals surface area contributed by atoms with Gasteiger partial charge in [0.1, 0.15) is 0 Å². The van der Waals surface area contributed by atoms with Crippen LogP contribution in [0.5, 0.6) is 0 Å². The average molecular weight is 498 g/mol. The first-order chi connectivity index (χ1) is 9.25. The zero-order valence-corrected chi connectivity index (χ0v) is 16.2. The number of alkyl halides is 1. The molecule has 0 radical (unpaired) electrons. The van der Waals surface area contributed by atoms with Gasteiger partial charge in [-0.3, -0.25) is 0 Å². The van der Waals surface area contributed by atoms with E-state index in [0.29, 0.717) is 0 Å². The van der Waals surface area contributed by atoms with Crippen LogP contribution in [0.3, 0.4) is 0 Å². The predicted molar refractivity (Wildman–Crippen MR) is 103 cm³/mol. The fourth-order valence-electron chi connectivity index (χ4n) is 2.46. The fourth-order valence-corrected chi connectivity index (χ4v) is 5.45. The summed E-state index contributed by atoms with van der Waals surface area (Å²) in [6.45, 7) is 0. The highest BCUT2D eigenvalue weighted by molar-refractivity contribution is 14.1. The van der Waals surface area contributed by atoms with E-state index in [1.807, 2.05) is 11.8 Å². The molecule has 1 aromatic carbocycles. The van der Waals surface area contributed by atoms with E-state index in [2.05, 4.69) is 81.6 Å².